The van der Waals surface area contributed by atoms with E-state index in [0.717, 1.165) is 16.4 Å². The fraction of sp³-hybridized carbons (Fsp3) is 0.533. The summed E-state index contributed by atoms with van der Waals surface area (Å²) < 4.78 is 50.3. The number of sulfonamides is 1. The minimum atomic E-state index is -4.06. The summed E-state index contributed by atoms with van der Waals surface area (Å²) in [6.45, 7) is 3.12. The van der Waals surface area contributed by atoms with Gasteiger partial charge in [-0.05, 0) is 18.2 Å². The van der Waals surface area contributed by atoms with Crippen molar-refractivity contribution in [1.29, 1.82) is 0 Å². The van der Waals surface area contributed by atoms with Crippen LogP contribution < -0.4 is 4.74 Å². The molecule has 0 atom stereocenters. The first-order valence-electron chi connectivity index (χ1n) is 7.59. The van der Waals surface area contributed by atoms with Crippen molar-refractivity contribution in [3.63, 3.8) is 0 Å². The lowest BCUT2D eigenvalue weighted by Crippen LogP contribution is -2.47. The lowest BCUT2D eigenvalue weighted by Gasteiger charge is -2.29. The molecule has 0 N–H and O–H groups in total. The van der Waals surface area contributed by atoms with E-state index in [9.17, 15) is 17.6 Å². The van der Waals surface area contributed by atoms with Gasteiger partial charge in [-0.25, -0.2) is 12.8 Å². The summed E-state index contributed by atoms with van der Waals surface area (Å²) in [5, 5.41) is 0. The molecule has 1 aliphatic heterocycles. The molecule has 0 saturated carbocycles. The second kappa shape index (κ2) is 7.91. The van der Waals surface area contributed by atoms with E-state index in [2.05, 4.69) is 0 Å². The number of likely N-dealkylation sites (N-methyl/N-ethyl adjacent to an activating group) is 1. The molecular formula is C15H21FN2O5S. The van der Waals surface area contributed by atoms with E-state index in [1.165, 1.54) is 13.2 Å². The third kappa shape index (κ3) is 4.03. The van der Waals surface area contributed by atoms with Crippen molar-refractivity contribution in [3.05, 3.63) is 24.0 Å². The molecule has 134 valence electrons. The summed E-state index contributed by atoms with van der Waals surface area (Å²) >= 11 is 0. The first kappa shape index (κ1) is 18.6. The second-order valence-corrected chi connectivity index (χ2v) is 7.13. The van der Waals surface area contributed by atoms with E-state index in [1.54, 1.807) is 11.8 Å². The van der Waals surface area contributed by atoms with Crippen LogP contribution in [-0.4, -0.2) is 70.0 Å². The summed E-state index contributed by atoms with van der Waals surface area (Å²) in [7, 11) is -2.75. The number of ether oxygens (including phenoxy) is 2. The molecule has 7 nitrogen and oxygen atoms in total. The average Bonchev–Trinajstić information content (AvgIpc) is 2.59. The summed E-state index contributed by atoms with van der Waals surface area (Å²) in [5.41, 5.74) is 0. The number of halogens is 1. The summed E-state index contributed by atoms with van der Waals surface area (Å²) in [5.74, 6) is -0.960. The van der Waals surface area contributed by atoms with Gasteiger partial charge in [-0.3, -0.25) is 4.79 Å². The van der Waals surface area contributed by atoms with E-state index >= 15 is 0 Å². The Morgan fingerprint density at radius 3 is 2.62 bits per heavy atom. The summed E-state index contributed by atoms with van der Waals surface area (Å²) in [4.78, 5) is 13.6. The Bertz CT molecular complexity index is 689. The van der Waals surface area contributed by atoms with Crippen LogP contribution in [0.15, 0.2) is 23.1 Å². The third-order valence-corrected chi connectivity index (χ3v) is 5.71. The SMILES string of the molecule is CCN(CC(=O)N1CCOCC1)S(=O)(=O)c1cc(F)ccc1OC. The zero-order valence-corrected chi connectivity index (χ0v) is 14.5. The topological polar surface area (TPSA) is 76.2 Å². The Morgan fingerprint density at radius 2 is 2.04 bits per heavy atom. The maximum Gasteiger partial charge on any atom is 0.247 e. The van der Waals surface area contributed by atoms with E-state index in [0.29, 0.717) is 26.3 Å². The molecule has 0 bridgehead atoms. The average molecular weight is 360 g/mol. The van der Waals surface area contributed by atoms with Gasteiger partial charge in [-0.1, -0.05) is 6.92 Å². The highest BCUT2D eigenvalue weighted by Crippen LogP contribution is 2.27. The normalized spacial score (nSPS) is 15.6. The van der Waals surface area contributed by atoms with Crippen molar-refractivity contribution in [1.82, 2.24) is 9.21 Å². The monoisotopic (exact) mass is 360 g/mol. The fourth-order valence-electron chi connectivity index (χ4n) is 2.42. The van der Waals surface area contributed by atoms with Crippen LogP contribution in [0.2, 0.25) is 0 Å². The van der Waals surface area contributed by atoms with Crippen LogP contribution in [-0.2, 0) is 19.6 Å². The number of rotatable bonds is 6. The Morgan fingerprint density at radius 1 is 1.38 bits per heavy atom. The van der Waals surface area contributed by atoms with Gasteiger partial charge in [-0.2, -0.15) is 4.31 Å². The highest BCUT2D eigenvalue weighted by atomic mass is 32.2. The maximum absolute atomic E-state index is 13.5. The number of benzene rings is 1. The van der Waals surface area contributed by atoms with Gasteiger partial charge in [0.1, 0.15) is 16.5 Å². The maximum atomic E-state index is 13.5. The highest BCUT2D eigenvalue weighted by molar-refractivity contribution is 7.89. The zero-order valence-electron chi connectivity index (χ0n) is 13.7. The molecule has 0 aromatic heterocycles. The van der Waals surface area contributed by atoms with Crippen molar-refractivity contribution in [2.24, 2.45) is 0 Å². The van der Waals surface area contributed by atoms with Crippen LogP contribution in [0, 0.1) is 5.82 Å². The number of morpholine rings is 1. The number of nitrogens with zero attached hydrogens (tertiary/aromatic N) is 2. The first-order chi connectivity index (χ1) is 11.4. The standard InChI is InChI=1S/C15H21FN2O5S/c1-3-18(11-15(19)17-6-8-23-9-7-17)24(20,21)14-10-12(16)4-5-13(14)22-2/h4-5,10H,3,6-9,11H2,1-2H3. The first-order valence-corrected chi connectivity index (χ1v) is 9.03. The number of amides is 1. The predicted octanol–water partition coefficient (Wildman–Crippen LogP) is 0.704. The van der Waals surface area contributed by atoms with Gasteiger partial charge in [0.05, 0.1) is 26.9 Å². The van der Waals surface area contributed by atoms with Crippen molar-refractivity contribution in [2.45, 2.75) is 11.8 Å². The number of hydrogen-bond donors (Lipinski definition) is 0. The van der Waals surface area contributed by atoms with Gasteiger partial charge in [0.2, 0.25) is 15.9 Å². The van der Waals surface area contributed by atoms with E-state index in [4.69, 9.17) is 9.47 Å². The largest absolute Gasteiger partial charge is 0.495 e. The van der Waals surface area contributed by atoms with E-state index in [1.807, 2.05) is 0 Å². The number of hydrogen-bond acceptors (Lipinski definition) is 5. The molecule has 0 aliphatic carbocycles. The molecule has 1 saturated heterocycles. The molecule has 1 aliphatic rings. The molecular weight excluding hydrogens is 339 g/mol. The molecule has 1 aromatic carbocycles. The van der Waals surface area contributed by atoms with Crippen LogP contribution in [0.25, 0.3) is 0 Å². The zero-order chi connectivity index (χ0) is 17.7. The second-order valence-electron chi connectivity index (χ2n) is 5.22. The molecule has 2 rings (SSSR count). The van der Waals surface area contributed by atoms with Gasteiger partial charge >= 0.3 is 0 Å². The van der Waals surface area contributed by atoms with Crippen LogP contribution in [0.3, 0.4) is 0 Å². The summed E-state index contributed by atoms with van der Waals surface area (Å²) in [6, 6.07) is 3.27. The van der Waals surface area contributed by atoms with Gasteiger partial charge in [0, 0.05) is 19.6 Å². The molecule has 0 unspecified atom stereocenters. The van der Waals surface area contributed by atoms with Gasteiger partial charge in [0.25, 0.3) is 0 Å². The van der Waals surface area contributed by atoms with Crippen LogP contribution in [0.1, 0.15) is 6.92 Å². The minimum Gasteiger partial charge on any atom is -0.495 e. The van der Waals surface area contributed by atoms with Crippen LogP contribution >= 0.6 is 0 Å². The highest BCUT2D eigenvalue weighted by Gasteiger charge is 2.30. The molecule has 24 heavy (non-hydrogen) atoms. The van der Waals surface area contributed by atoms with E-state index in [-0.39, 0.29) is 29.6 Å². The molecule has 0 spiro atoms. The van der Waals surface area contributed by atoms with E-state index < -0.39 is 15.8 Å². The molecule has 9 heteroatoms. The quantitative estimate of drug-likeness (QED) is 0.747. The number of carbonyl (C=O) groups excluding carboxylic acids is 1. The molecule has 1 heterocycles. The van der Waals surface area contributed by atoms with Gasteiger partial charge in [0.15, 0.2) is 0 Å². The Balaban J connectivity index is 2.25. The lowest BCUT2D eigenvalue weighted by atomic mass is 10.3. The van der Waals surface area contributed by atoms with Crippen molar-refractivity contribution >= 4 is 15.9 Å². The lowest BCUT2D eigenvalue weighted by molar-refractivity contribution is -0.135. The van der Waals surface area contributed by atoms with Crippen LogP contribution in [0.5, 0.6) is 5.75 Å². The van der Waals surface area contributed by atoms with Gasteiger partial charge in [-0.15, -0.1) is 0 Å². The Kier molecular flexibility index (Phi) is 6.14. The molecule has 1 aromatic rings. The predicted molar refractivity (Wildman–Crippen MR) is 84.8 cm³/mol. The smallest absolute Gasteiger partial charge is 0.247 e. The fourth-order valence-corrected chi connectivity index (χ4v) is 3.99. The van der Waals surface area contributed by atoms with Crippen molar-refractivity contribution in [3.8, 4) is 5.75 Å². The number of carbonyl (C=O) groups is 1. The minimum absolute atomic E-state index is 0.0358. The van der Waals surface area contributed by atoms with Crippen LogP contribution in [0.4, 0.5) is 4.39 Å². The Labute approximate surface area is 141 Å². The number of methoxy groups -OCH3 is 1. The molecule has 1 amide bonds. The van der Waals surface area contributed by atoms with Crippen molar-refractivity contribution < 1.29 is 27.1 Å². The summed E-state index contributed by atoms with van der Waals surface area (Å²) in [6.07, 6.45) is 0. The molecule has 0 radical (unpaired) electrons. The van der Waals surface area contributed by atoms with Gasteiger partial charge < -0.3 is 14.4 Å². The molecule has 1 fully saturated rings. The Hall–Kier alpha value is -1.71. The third-order valence-electron chi connectivity index (χ3n) is 3.77. The van der Waals surface area contributed by atoms with Crippen molar-refractivity contribution in [2.75, 3.05) is 46.5 Å².